The molecule has 2 atom stereocenters. The molecule has 0 bridgehead atoms. The van der Waals surface area contributed by atoms with Crippen molar-refractivity contribution in [1.82, 2.24) is 0 Å². The highest BCUT2D eigenvalue weighted by molar-refractivity contribution is 5.98. The Bertz CT molecular complexity index is 479. The average molecular weight is 306 g/mol. The molecule has 4 heteroatoms. The highest BCUT2D eigenvalue weighted by atomic mass is 16.5. The number of nitrogens with one attached hydrogen (secondary N) is 1. The quantitative estimate of drug-likeness (QED) is 0.616. The van der Waals surface area contributed by atoms with Crippen LogP contribution in [0.4, 0.5) is 0 Å². The molecular weight excluding hydrogens is 278 g/mol. The fourth-order valence-electron chi connectivity index (χ4n) is 3.11. The Kier molecular flexibility index (Phi) is 6.40. The van der Waals surface area contributed by atoms with Gasteiger partial charge in [0.25, 0.3) is 0 Å². The molecule has 1 aromatic carbocycles. The summed E-state index contributed by atoms with van der Waals surface area (Å²) in [6.07, 6.45) is 2.17. The van der Waals surface area contributed by atoms with Crippen molar-refractivity contribution >= 4 is 5.78 Å². The van der Waals surface area contributed by atoms with E-state index in [1.165, 1.54) is 0 Å². The van der Waals surface area contributed by atoms with E-state index < -0.39 is 0 Å². The Morgan fingerprint density at radius 3 is 2.64 bits per heavy atom. The molecule has 0 aliphatic carbocycles. The number of hydrogen-bond acceptors (Lipinski definition) is 3. The zero-order chi connectivity index (χ0) is 15.9. The number of hydrogen-bond donors (Lipinski definition) is 1. The Hall–Kier alpha value is -1.39. The van der Waals surface area contributed by atoms with Crippen molar-refractivity contribution < 1.29 is 19.2 Å². The molecule has 0 radical (unpaired) electrons. The number of benzene rings is 1. The minimum atomic E-state index is 0.136. The molecular formula is C18H28NO3+. The van der Waals surface area contributed by atoms with Gasteiger partial charge in [0, 0.05) is 12.8 Å². The van der Waals surface area contributed by atoms with Crippen LogP contribution in [0.3, 0.4) is 0 Å². The van der Waals surface area contributed by atoms with E-state index in [1.807, 2.05) is 31.2 Å². The molecule has 1 saturated heterocycles. The molecule has 0 unspecified atom stereocenters. The molecule has 1 aliphatic rings. The molecule has 122 valence electrons. The van der Waals surface area contributed by atoms with E-state index in [0.717, 1.165) is 26.1 Å². The number of rotatable bonds is 7. The lowest BCUT2D eigenvalue weighted by Crippen LogP contribution is -3.15. The molecule has 1 aliphatic heterocycles. The number of quaternary nitrogens is 1. The fraction of sp³-hybridized carbons (Fsp3) is 0.611. The summed E-state index contributed by atoms with van der Waals surface area (Å²) >= 11 is 0. The van der Waals surface area contributed by atoms with Gasteiger partial charge in [-0.05, 0) is 26.0 Å². The van der Waals surface area contributed by atoms with Crippen molar-refractivity contribution in [2.75, 3.05) is 26.2 Å². The summed E-state index contributed by atoms with van der Waals surface area (Å²) in [5.41, 5.74) is 0.700. The van der Waals surface area contributed by atoms with Gasteiger partial charge in [0.05, 0.1) is 18.7 Å². The standard InChI is InChI=1S/C18H27NO3/c1-4-17(20)16-8-5-6-9-18(16)21-11-7-10-19-12-14(2)22-15(3)13-19/h5-6,8-9,14-15H,4,7,10-13H2,1-3H3/p+1/t14-,15-/m1/s1. The number of ether oxygens (including phenoxy) is 2. The predicted molar refractivity (Wildman–Crippen MR) is 86.7 cm³/mol. The van der Waals surface area contributed by atoms with Gasteiger partial charge in [-0.25, -0.2) is 0 Å². The van der Waals surface area contributed by atoms with Gasteiger partial charge in [0.15, 0.2) is 5.78 Å². The summed E-state index contributed by atoms with van der Waals surface area (Å²) in [4.78, 5) is 13.5. The number of Topliss-reactive ketones (excluding diaryl/α,β-unsaturated/α-hetero) is 1. The zero-order valence-corrected chi connectivity index (χ0v) is 13.9. The van der Waals surface area contributed by atoms with Gasteiger partial charge in [-0.15, -0.1) is 0 Å². The van der Waals surface area contributed by atoms with Crippen molar-refractivity contribution in [2.24, 2.45) is 0 Å². The second-order valence-electron chi connectivity index (χ2n) is 6.14. The van der Waals surface area contributed by atoms with Crippen molar-refractivity contribution in [3.8, 4) is 5.75 Å². The summed E-state index contributed by atoms with van der Waals surface area (Å²) in [5, 5.41) is 0. The molecule has 0 saturated carbocycles. The lowest BCUT2D eigenvalue weighted by molar-refractivity contribution is -0.915. The first-order valence-electron chi connectivity index (χ1n) is 8.34. The fourth-order valence-corrected chi connectivity index (χ4v) is 3.11. The average Bonchev–Trinajstić information content (AvgIpc) is 2.50. The maximum absolute atomic E-state index is 11.9. The van der Waals surface area contributed by atoms with Gasteiger partial charge in [0.2, 0.25) is 0 Å². The van der Waals surface area contributed by atoms with E-state index in [2.05, 4.69) is 13.8 Å². The van der Waals surface area contributed by atoms with Crippen LogP contribution < -0.4 is 9.64 Å². The Morgan fingerprint density at radius 2 is 1.95 bits per heavy atom. The normalized spacial score (nSPS) is 25.0. The first-order valence-corrected chi connectivity index (χ1v) is 8.34. The van der Waals surface area contributed by atoms with Crippen molar-refractivity contribution in [3.05, 3.63) is 29.8 Å². The maximum Gasteiger partial charge on any atom is 0.166 e. The maximum atomic E-state index is 11.9. The van der Waals surface area contributed by atoms with Crippen molar-refractivity contribution in [1.29, 1.82) is 0 Å². The molecule has 1 aromatic rings. The van der Waals surface area contributed by atoms with Gasteiger partial charge >= 0.3 is 0 Å². The highest BCUT2D eigenvalue weighted by Gasteiger charge is 2.24. The molecule has 0 amide bonds. The van der Waals surface area contributed by atoms with Crippen LogP contribution in [-0.4, -0.2) is 44.2 Å². The van der Waals surface area contributed by atoms with Crippen LogP contribution in [0.2, 0.25) is 0 Å². The molecule has 1 fully saturated rings. The van der Waals surface area contributed by atoms with Gasteiger partial charge in [-0.2, -0.15) is 0 Å². The second-order valence-corrected chi connectivity index (χ2v) is 6.14. The molecule has 4 nitrogen and oxygen atoms in total. The van der Waals surface area contributed by atoms with E-state index in [0.29, 0.717) is 36.5 Å². The third kappa shape index (κ3) is 4.82. The van der Waals surface area contributed by atoms with Crippen molar-refractivity contribution in [2.45, 2.75) is 45.8 Å². The van der Waals surface area contributed by atoms with Crippen LogP contribution in [0.15, 0.2) is 24.3 Å². The zero-order valence-electron chi connectivity index (χ0n) is 13.9. The summed E-state index contributed by atoms with van der Waals surface area (Å²) < 4.78 is 11.6. The van der Waals surface area contributed by atoms with E-state index >= 15 is 0 Å². The summed E-state index contributed by atoms with van der Waals surface area (Å²) in [7, 11) is 0. The second kappa shape index (κ2) is 8.30. The lowest BCUT2D eigenvalue weighted by Gasteiger charge is -2.32. The topological polar surface area (TPSA) is 40.0 Å². The third-order valence-electron chi connectivity index (χ3n) is 4.06. The SMILES string of the molecule is CCC(=O)c1ccccc1OCCC[NH+]1C[C@@H](C)O[C@H](C)C1. The molecule has 0 aromatic heterocycles. The first-order chi connectivity index (χ1) is 10.6. The lowest BCUT2D eigenvalue weighted by atomic mass is 10.1. The van der Waals surface area contributed by atoms with E-state index in [1.54, 1.807) is 4.90 Å². The largest absolute Gasteiger partial charge is 0.493 e. The van der Waals surface area contributed by atoms with E-state index in [-0.39, 0.29) is 5.78 Å². The number of carbonyl (C=O) groups is 1. The summed E-state index contributed by atoms with van der Waals surface area (Å²) in [6, 6.07) is 7.53. The van der Waals surface area contributed by atoms with E-state index in [4.69, 9.17) is 9.47 Å². The minimum absolute atomic E-state index is 0.136. The molecule has 0 spiro atoms. The first kappa shape index (κ1) is 17.0. The Morgan fingerprint density at radius 1 is 1.27 bits per heavy atom. The summed E-state index contributed by atoms with van der Waals surface area (Å²) in [5.74, 6) is 0.852. The Labute approximate surface area is 133 Å². The predicted octanol–water partition coefficient (Wildman–Crippen LogP) is 1.74. The minimum Gasteiger partial charge on any atom is -0.493 e. The van der Waals surface area contributed by atoms with Crippen molar-refractivity contribution in [3.63, 3.8) is 0 Å². The number of para-hydroxylation sites is 1. The monoisotopic (exact) mass is 306 g/mol. The van der Waals surface area contributed by atoms with Gasteiger partial charge in [-0.3, -0.25) is 4.79 Å². The number of morpholine rings is 1. The Balaban J connectivity index is 1.78. The van der Waals surface area contributed by atoms with E-state index in [9.17, 15) is 4.79 Å². The van der Waals surface area contributed by atoms with Crippen LogP contribution in [0.1, 0.15) is 44.0 Å². The van der Waals surface area contributed by atoms with Crippen LogP contribution in [0.25, 0.3) is 0 Å². The highest BCUT2D eigenvalue weighted by Crippen LogP contribution is 2.19. The van der Waals surface area contributed by atoms with Gasteiger partial charge in [0.1, 0.15) is 31.0 Å². The number of ketones is 1. The smallest absolute Gasteiger partial charge is 0.166 e. The molecule has 2 rings (SSSR count). The van der Waals surface area contributed by atoms with Crippen LogP contribution in [0, 0.1) is 0 Å². The van der Waals surface area contributed by atoms with Crippen LogP contribution in [0.5, 0.6) is 5.75 Å². The third-order valence-corrected chi connectivity index (χ3v) is 4.06. The molecule has 1 heterocycles. The molecule has 1 N–H and O–H groups in total. The van der Waals surface area contributed by atoms with Gasteiger partial charge in [-0.1, -0.05) is 19.1 Å². The summed E-state index contributed by atoms with van der Waals surface area (Å²) in [6.45, 7) is 10.0. The van der Waals surface area contributed by atoms with Crippen LogP contribution >= 0.6 is 0 Å². The number of carbonyl (C=O) groups excluding carboxylic acids is 1. The van der Waals surface area contributed by atoms with Crippen LogP contribution in [-0.2, 0) is 4.74 Å². The van der Waals surface area contributed by atoms with Gasteiger partial charge < -0.3 is 14.4 Å². The molecule has 22 heavy (non-hydrogen) atoms.